The zero-order chi connectivity index (χ0) is 17.4. The Balaban J connectivity index is 1.83. The SMILES string of the molecule is CCS(=O)(=O)c1cccc(NC(=O)C2(c3ccc(Br)cc3)CC2)c1. The highest BCUT2D eigenvalue weighted by molar-refractivity contribution is 9.10. The Kier molecular flexibility index (Phi) is 4.53. The molecular weight excluding hydrogens is 390 g/mol. The maximum atomic E-state index is 12.7. The van der Waals surface area contributed by atoms with Crippen LogP contribution in [0.2, 0.25) is 0 Å². The normalized spacial score (nSPS) is 15.8. The lowest BCUT2D eigenvalue weighted by molar-refractivity contribution is -0.118. The van der Waals surface area contributed by atoms with Gasteiger partial charge in [-0.2, -0.15) is 0 Å². The maximum absolute atomic E-state index is 12.7. The number of hydrogen-bond acceptors (Lipinski definition) is 3. The molecule has 0 aliphatic heterocycles. The van der Waals surface area contributed by atoms with Gasteiger partial charge >= 0.3 is 0 Å². The van der Waals surface area contributed by atoms with Gasteiger partial charge < -0.3 is 5.32 Å². The number of carbonyl (C=O) groups excluding carboxylic acids is 1. The molecule has 0 unspecified atom stereocenters. The smallest absolute Gasteiger partial charge is 0.235 e. The Bertz CT molecular complexity index is 871. The molecule has 4 nitrogen and oxygen atoms in total. The van der Waals surface area contributed by atoms with Gasteiger partial charge in [0.1, 0.15) is 0 Å². The quantitative estimate of drug-likeness (QED) is 0.816. The molecule has 0 spiro atoms. The summed E-state index contributed by atoms with van der Waals surface area (Å²) in [4.78, 5) is 13.0. The van der Waals surface area contributed by atoms with E-state index in [0.29, 0.717) is 5.69 Å². The number of sulfone groups is 1. The summed E-state index contributed by atoms with van der Waals surface area (Å²) in [6.45, 7) is 1.60. The Morgan fingerprint density at radius 2 is 1.83 bits per heavy atom. The highest BCUT2D eigenvalue weighted by Crippen LogP contribution is 2.49. The van der Waals surface area contributed by atoms with Crippen molar-refractivity contribution in [2.24, 2.45) is 0 Å². The second-order valence-corrected chi connectivity index (χ2v) is 9.17. The summed E-state index contributed by atoms with van der Waals surface area (Å²) < 4.78 is 24.9. The van der Waals surface area contributed by atoms with Crippen LogP contribution in [0, 0.1) is 0 Å². The summed E-state index contributed by atoms with van der Waals surface area (Å²) in [5, 5.41) is 2.88. The van der Waals surface area contributed by atoms with Gasteiger partial charge in [0.25, 0.3) is 0 Å². The lowest BCUT2D eigenvalue weighted by atomic mass is 9.95. The molecule has 0 radical (unpaired) electrons. The third-order valence-corrected chi connectivity index (χ3v) is 6.67. The molecule has 2 aromatic carbocycles. The first kappa shape index (κ1) is 17.2. The van der Waals surface area contributed by atoms with Crippen molar-refractivity contribution in [2.75, 3.05) is 11.1 Å². The van der Waals surface area contributed by atoms with E-state index in [-0.39, 0.29) is 16.6 Å². The molecule has 0 aromatic heterocycles. The number of rotatable bonds is 5. The van der Waals surface area contributed by atoms with Gasteiger partial charge in [-0.3, -0.25) is 4.79 Å². The third kappa shape index (κ3) is 3.26. The van der Waals surface area contributed by atoms with Gasteiger partial charge in [0.15, 0.2) is 9.84 Å². The largest absolute Gasteiger partial charge is 0.325 e. The minimum Gasteiger partial charge on any atom is -0.325 e. The fourth-order valence-electron chi connectivity index (χ4n) is 2.73. The topological polar surface area (TPSA) is 63.2 Å². The van der Waals surface area contributed by atoms with Crippen LogP contribution in [-0.2, 0) is 20.0 Å². The van der Waals surface area contributed by atoms with E-state index < -0.39 is 15.3 Å². The van der Waals surface area contributed by atoms with Gasteiger partial charge in [0.2, 0.25) is 5.91 Å². The average molecular weight is 408 g/mol. The van der Waals surface area contributed by atoms with Gasteiger partial charge in [0.05, 0.1) is 16.1 Å². The Morgan fingerprint density at radius 1 is 1.17 bits per heavy atom. The van der Waals surface area contributed by atoms with Crippen LogP contribution in [-0.4, -0.2) is 20.1 Å². The predicted octanol–water partition coefficient (Wildman–Crippen LogP) is 3.91. The second-order valence-electron chi connectivity index (χ2n) is 5.97. The Labute approximate surface area is 150 Å². The van der Waals surface area contributed by atoms with Crippen LogP contribution in [0.15, 0.2) is 57.9 Å². The van der Waals surface area contributed by atoms with Crippen molar-refractivity contribution in [3.05, 3.63) is 58.6 Å². The van der Waals surface area contributed by atoms with Crippen molar-refractivity contribution < 1.29 is 13.2 Å². The number of amides is 1. The third-order valence-electron chi connectivity index (χ3n) is 4.41. The minimum absolute atomic E-state index is 0.0350. The first-order valence-corrected chi connectivity index (χ1v) is 10.2. The number of nitrogens with one attached hydrogen (secondary N) is 1. The Hall–Kier alpha value is -1.66. The van der Waals surface area contributed by atoms with Crippen LogP contribution in [0.5, 0.6) is 0 Å². The van der Waals surface area contributed by atoms with E-state index >= 15 is 0 Å². The zero-order valence-corrected chi connectivity index (χ0v) is 15.7. The molecular formula is C18H18BrNO3S. The highest BCUT2D eigenvalue weighted by Gasteiger charge is 2.51. The maximum Gasteiger partial charge on any atom is 0.235 e. The van der Waals surface area contributed by atoms with Crippen molar-refractivity contribution in [3.63, 3.8) is 0 Å². The van der Waals surface area contributed by atoms with Crippen LogP contribution in [0.4, 0.5) is 5.69 Å². The Morgan fingerprint density at radius 3 is 2.42 bits per heavy atom. The van der Waals surface area contributed by atoms with Gasteiger partial charge in [-0.05, 0) is 48.7 Å². The van der Waals surface area contributed by atoms with Crippen molar-refractivity contribution in [3.8, 4) is 0 Å². The second kappa shape index (κ2) is 6.33. The molecule has 6 heteroatoms. The van der Waals surface area contributed by atoms with E-state index in [1.807, 2.05) is 24.3 Å². The molecule has 0 bridgehead atoms. The van der Waals surface area contributed by atoms with Gasteiger partial charge in [-0.1, -0.05) is 41.1 Å². The molecule has 0 atom stereocenters. The summed E-state index contributed by atoms with van der Waals surface area (Å²) in [5.74, 6) is -0.0522. The minimum atomic E-state index is -3.29. The number of anilines is 1. The first-order chi connectivity index (χ1) is 11.4. The summed E-state index contributed by atoms with van der Waals surface area (Å²) >= 11 is 3.40. The summed E-state index contributed by atoms with van der Waals surface area (Å²) in [6.07, 6.45) is 1.60. The highest BCUT2D eigenvalue weighted by atomic mass is 79.9. The molecule has 126 valence electrons. The van der Waals surface area contributed by atoms with Crippen LogP contribution < -0.4 is 5.32 Å². The lowest BCUT2D eigenvalue weighted by Crippen LogP contribution is -2.27. The summed E-state index contributed by atoms with van der Waals surface area (Å²) in [5.41, 5.74) is 0.999. The standard InChI is InChI=1S/C18H18BrNO3S/c1-2-24(22,23)16-5-3-4-15(12-16)20-17(21)18(10-11-18)13-6-8-14(19)9-7-13/h3-9,12H,2,10-11H2,1H3,(H,20,21). The molecule has 2 aromatic rings. The van der Waals surface area contributed by atoms with Crippen molar-refractivity contribution in [1.82, 2.24) is 0 Å². The molecule has 1 fully saturated rings. The number of halogens is 1. The van der Waals surface area contributed by atoms with Gasteiger partial charge in [0, 0.05) is 10.2 Å². The average Bonchev–Trinajstić information content (AvgIpc) is 3.37. The van der Waals surface area contributed by atoms with Crippen LogP contribution in [0.3, 0.4) is 0 Å². The van der Waals surface area contributed by atoms with Gasteiger partial charge in [-0.15, -0.1) is 0 Å². The molecule has 3 rings (SSSR count). The fraction of sp³-hybridized carbons (Fsp3) is 0.278. The monoisotopic (exact) mass is 407 g/mol. The summed E-state index contributed by atoms with van der Waals surface area (Å²) in [7, 11) is -3.29. The number of benzene rings is 2. The fourth-order valence-corrected chi connectivity index (χ4v) is 3.92. The lowest BCUT2D eigenvalue weighted by Gasteiger charge is -2.16. The first-order valence-electron chi connectivity index (χ1n) is 7.78. The van der Waals surface area contributed by atoms with E-state index in [4.69, 9.17) is 0 Å². The molecule has 24 heavy (non-hydrogen) atoms. The molecule has 1 saturated carbocycles. The number of hydrogen-bond donors (Lipinski definition) is 1. The van der Waals surface area contributed by atoms with Gasteiger partial charge in [-0.25, -0.2) is 8.42 Å². The molecule has 0 saturated heterocycles. The van der Waals surface area contributed by atoms with E-state index in [1.165, 1.54) is 6.07 Å². The van der Waals surface area contributed by atoms with Crippen molar-refractivity contribution in [2.45, 2.75) is 30.1 Å². The molecule has 1 aliphatic carbocycles. The molecule has 1 aliphatic rings. The van der Waals surface area contributed by atoms with E-state index in [9.17, 15) is 13.2 Å². The number of carbonyl (C=O) groups is 1. The van der Waals surface area contributed by atoms with E-state index in [0.717, 1.165) is 22.9 Å². The van der Waals surface area contributed by atoms with E-state index in [1.54, 1.807) is 25.1 Å². The van der Waals surface area contributed by atoms with Crippen molar-refractivity contribution >= 4 is 37.4 Å². The van der Waals surface area contributed by atoms with Crippen LogP contribution in [0.1, 0.15) is 25.3 Å². The van der Waals surface area contributed by atoms with E-state index in [2.05, 4.69) is 21.2 Å². The van der Waals surface area contributed by atoms with Crippen molar-refractivity contribution in [1.29, 1.82) is 0 Å². The molecule has 0 heterocycles. The zero-order valence-electron chi connectivity index (χ0n) is 13.3. The predicted molar refractivity (Wildman–Crippen MR) is 97.9 cm³/mol. The molecule has 1 amide bonds. The molecule has 1 N–H and O–H groups in total. The van der Waals surface area contributed by atoms with Crippen LogP contribution >= 0.6 is 15.9 Å². The summed E-state index contributed by atoms with van der Waals surface area (Å²) in [6, 6.07) is 14.2. The van der Waals surface area contributed by atoms with Crippen LogP contribution in [0.25, 0.3) is 0 Å².